The molecule has 8 heteroatoms. The number of nitrogens with one attached hydrogen (secondary N) is 2. The van der Waals surface area contributed by atoms with Crippen molar-refractivity contribution >= 4 is 21.8 Å². The van der Waals surface area contributed by atoms with Gasteiger partial charge in [0, 0.05) is 47.8 Å². The number of carbonyl (C=O) groups is 1. The summed E-state index contributed by atoms with van der Waals surface area (Å²) >= 11 is 3.55. The Morgan fingerprint density at radius 3 is 2.50 bits per heavy atom. The van der Waals surface area contributed by atoms with Gasteiger partial charge in [-0.3, -0.25) is 9.59 Å². The number of fused-ring (bicyclic) bond motifs is 1. The zero-order valence-corrected chi connectivity index (χ0v) is 20.5. The summed E-state index contributed by atoms with van der Waals surface area (Å²) in [5, 5.41) is 2.87. The van der Waals surface area contributed by atoms with Gasteiger partial charge in [-0.25, -0.2) is 0 Å². The molecule has 4 rings (SSSR count). The lowest BCUT2D eigenvalue weighted by atomic mass is 9.81. The number of aromatic amines is 1. The van der Waals surface area contributed by atoms with Crippen molar-refractivity contribution in [2.24, 2.45) is 11.7 Å². The predicted octanol–water partition coefficient (Wildman–Crippen LogP) is 4.00. The van der Waals surface area contributed by atoms with Crippen molar-refractivity contribution in [1.29, 1.82) is 0 Å². The van der Waals surface area contributed by atoms with Gasteiger partial charge in [-0.1, -0.05) is 0 Å². The molecule has 1 saturated carbocycles. The number of nitrogens with two attached hydrogens (primary N) is 1. The van der Waals surface area contributed by atoms with Crippen LogP contribution in [0.4, 0.5) is 0 Å². The van der Waals surface area contributed by atoms with Crippen LogP contribution in [-0.4, -0.2) is 22.7 Å². The maximum absolute atomic E-state index is 13.0. The molecule has 7 nitrogen and oxygen atoms in total. The molecule has 1 aromatic carbocycles. The van der Waals surface area contributed by atoms with Crippen LogP contribution in [0.2, 0.25) is 0 Å². The molecule has 4 N–H and O–H groups in total. The highest BCUT2D eigenvalue weighted by Gasteiger charge is 2.47. The maximum Gasteiger partial charge on any atom is 0.253 e. The molecule has 32 heavy (non-hydrogen) atoms. The van der Waals surface area contributed by atoms with E-state index in [0.717, 1.165) is 36.9 Å². The van der Waals surface area contributed by atoms with Crippen molar-refractivity contribution in [1.82, 2.24) is 10.3 Å². The van der Waals surface area contributed by atoms with Crippen molar-refractivity contribution in [3.05, 3.63) is 54.9 Å². The van der Waals surface area contributed by atoms with Crippen LogP contribution in [0.1, 0.15) is 65.3 Å². The number of carbonyl (C=O) groups excluding carboxylic acids is 1. The number of pyridine rings is 1. The van der Waals surface area contributed by atoms with Crippen LogP contribution < -0.4 is 26.1 Å². The molecular formula is C24H30BrN3O4. The minimum absolute atomic E-state index is 0.145. The largest absolute Gasteiger partial charge is 0.448 e. The average molecular weight is 504 g/mol. The topological polar surface area (TPSA) is 106 Å². The molecule has 0 spiro atoms. The van der Waals surface area contributed by atoms with Crippen LogP contribution >= 0.6 is 15.9 Å². The number of amides is 1. The van der Waals surface area contributed by atoms with E-state index in [1.165, 1.54) is 0 Å². The van der Waals surface area contributed by atoms with Gasteiger partial charge in [0.2, 0.25) is 0 Å². The molecule has 172 valence electrons. The van der Waals surface area contributed by atoms with Gasteiger partial charge in [0.25, 0.3) is 17.3 Å². The first-order valence-electron chi connectivity index (χ1n) is 11.0. The fraction of sp³-hybridized carbons (Fsp3) is 0.500. The Morgan fingerprint density at radius 1 is 1.19 bits per heavy atom. The zero-order chi connectivity index (χ0) is 23.2. The molecule has 2 heterocycles. The molecule has 1 atom stereocenters. The number of hydrogen-bond donors (Lipinski definition) is 3. The number of aromatic nitrogens is 1. The van der Waals surface area contributed by atoms with Crippen molar-refractivity contribution < 1.29 is 14.3 Å². The molecular weight excluding hydrogens is 474 g/mol. The van der Waals surface area contributed by atoms with Gasteiger partial charge in [-0.05, 0) is 80.1 Å². The predicted molar refractivity (Wildman–Crippen MR) is 126 cm³/mol. The molecule has 1 aliphatic heterocycles. The Labute approximate surface area is 196 Å². The van der Waals surface area contributed by atoms with E-state index in [4.69, 9.17) is 15.2 Å². The molecule has 1 aromatic heterocycles. The van der Waals surface area contributed by atoms with E-state index in [2.05, 4.69) is 26.2 Å². The SMILES string of the molecule is Cc1cc(C)c(CNC(=O)c2cc(Br)c3c(c2C)OC(C)(C2CCC(N)CC2)O3)c(=O)[nH]1. The van der Waals surface area contributed by atoms with Gasteiger partial charge in [-0.2, -0.15) is 0 Å². The second kappa shape index (κ2) is 8.56. The molecule has 1 amide bonds. The lowest BCUT2D eigenvalue weighted by Crippen LogP contribution is -2.46. The third-order valence-corrected chi connectivity index (χ3v) is 7.31. The Morgan fingerprint density at radius 2 is 1.84 bits per heavy atom. The molecule has 2 aromatic rings. The van der Waals surface area contributed by atoms with E-state index < -0.39 is 5.79 Å². The summed E-state index contributed by atoms with van der Waals surface area (Å²) in [7, 11) is 0. The number of benzene rings is 1. The van der Waals surface area contributed by atoms with Crippen LogP contribution in [0.15, 0.2) is 21.4 Å². The first kappa shape index (κ1) is 22.9. The van der Waals surface area contributed by atoms with Gasteiger partial charge in [0.05, 0.1) is 4.47 Å². The molecule has 1 fully saturated rings. The van der Waals surface area contributed by atoms with E-state index in [1.807, 2.05) is 33.8 Å². The average Bonchev–Trinajstić information content (AvgIpc) is 3.10. The number of ether oxygens (including phenoxy) is 2. The number of rotatable bonds is 4. The quantitative estimate of drug-likeness (QED) is 0.584. The summed E-state index contributed by atoms with van der Waals surface area (Å²) in [4.78, 5) is 28.1. The lowest BCUT2D eigenvalue weighted by molar-refractivity contribution is -0.121. The highest BCUT2D eigenvalue weighted by Crippen LogP contribution is 2.51. The molecule has 1 unspecified atom stereocenters. The van der Waals surface area contributed by atoms with Crippen molar-refractivity contribution in [2.45, 2.75) is 71.8 Å². The van der Waals surface area contributed by atoms with Crippen LogP contribution in [0.3, 0.4) is 0 Å². The van der Waals surface area contributed by atoms with Crippen molar-refractivity contribution in [3.63, 3.8) is 0 Å². The van der Waals surface area contributed by atoms with Crippen LogP contribution in [-0.2, 0) is 6.54 Å². The second-order valence-corrected chi connectivity index (χ2v) is 10.0. The van der Waals surface area contributed by atoms with Crippen molar-refractivity contribution in [3.8, 4) is 11.5 Å². The summed E-state index contributed by atoms with van der Waals surface area (Å²) in [5.74, 6) is 0.395. The number of H-pyrrole nitrogens is 1. The van der Waals surface area contributed by atoms with E-state index >= 15 is 0 Å². The smallest absolute Gasteiger partial charge is 0.253 e. The van der Waals surface area contributed by atoms with Gasteiger partial charge in [-0.15, -0.1) is 0 Å². The van der Waals surface area contributed by atoms with Crippen LogP contribution in [0, 0.1) is 26.7 Å². The Balaban J connectivity index is 1.55. The van der Waals surface area contributed by atoms with Gasteiger partial charge >= 0.3 is 0 Å². The molecule has 2 aliphatic rings. The number of hydrogen-bond acceptors (Lipinski definition) is 5. The van der Waals surface area contributed by atoms with Crippen LogP contribution in [0.5, 0.6) is 11.5 Å². The van der Waals surface area contributed by atoms with E-state index in [-0.39, 0.29) is 30.0 Å². The van der Waals surface area contributed by atoms with Crippen LogP contribution in [0.25, 0.3) is 0 Å². The number of aryl methyl sites for hydroxylation is 2. The van der Waals surface area contributed by atoms with Gasteiger partial charge in [0.1, 0.15) is 0 Å². The first-order valence-corrected chi connectivity index (χ1v) is 11.8. The number of halogens is 1. The minimum Gasteiger partial charge on any atom is -0.448 e. The van der Waals surface area contributed by atoms with E-state index in [0.29, 0.717) is 32.7 Å². The second-order valence-electron chi connectivity index (χ2n) is 9.15. The fourth-order valence-electron chi connectivity index (χ4n) is 4.76. The Bertz CT molecular complexity index is 1120. The molecule has 1 aliphatic carbocycles. The summed E-state index contributed by atoms with van der Waals surface area (Å²) in [6.45, 7) is 7.67. The summed E-state index contributed by atoms with van der Waals surface area (Å²) < 4.78 is 13.3. The van der Waals surface area contributed by atoms with Gasteiger partial charge < -0.3 is 25.5 Å². The third-order valence-electron chi connectivity index (χ3n) is 6.73. The monoisotopic (exact) mass is 503 g/mol. The lowest BCUT2D eigenvalue weighted by Gasteiger charge is -2.36. The van der Waals surface area contributed by atoms with Gasteiger partial charge in [0.15, 0.2) is 11.5 Å². The molecule has 0 radical (unpaired) electrons. The fourth-order valence-corrected chi connectivity index (χ4v) is 5.25. The van der Waals surface area contributed by atoms with E-state index in [1.54, 1.807) is 6.07 Å². The first-order chi connectivity index (χ1) is 15.1. The minimum atomic E-state index is -0.781. The highest BCUT2D eigenvalue weighted by molar-refractivity contribution is 9.10. The highest BCUT2D eigenvalue weighted by atomic mass is 79.9. The normalized spacial score (nSPS) is 24.4. The summed E-state index contributed by atoms with van der Waals surface area (Å²) in [5.41, 5.74) is 9.26. The maximum atomic E-state index is 13.0. The molecule has 0 saturated heterocycles. The zero-order valence-electron chi connectivity index (χ0n) is 18.9. The third kappa shape index (κ3) is 4.18. The Hall–Kier alpha value is -2.32. The summed E-state index contributed by atoms with van der Waals surface area (Å²) in [6.07, 6.45) is 3.80. The summed E-state index contributed by atoms with van der Waals surface area (Å²) in [6, 6.07) is 3.89. The Kier molecular flexibility index (Phi) is 6.11. The molecule has 0 bridgehead atoms. The standard InChI is InChI=1S/C24H30BrN3O4/c1-12-9-13(2)28-23(30)18(12)11-27-22(29)17-10-19(25)21-20(14(17)3)31-24(4,32-21)15-5-7-16(26)8-6-15/h9-10,15-16H,5-8,11,26H2,1-4H3,(H,27,29)(H,28,30). The van der Waals surface area contributed by atoms with E-state index in [9.17, 15) is 9.59 Å². The van der Waals surface area contributed by atoms with Crippen molar-refractivity contribution in [2.75, 3.05) is 0 Å².